The van der Waals surface area contributed by atoms with Crippen LogP contribution in [0.5, 0.6) is 0 Å². The van der Waals surface area contributed by atoms with Crippen molar-refractivity contribution in [2.75, 3.05) is 6.26 Å². The van der Waals surface area contributed by atoms with Gasteiger partial charge in [0.05, 0.1) is 22.4 Å². The highest BCUT2D eigenvalue weighted by atomic mass is 32.2. The average molecular weight is 382 g/mol. The number of thioether (sulfide) groups is 1. The molecular formula is C20H23N5OS. The minimum atomic E-state index is 0.818. The number of imidazole rings is 1. The molecule has 3 aromatic heterocycles. The van der Waals surface area contributed by atoms with Crippen molar-refractivity contribution < 1.29 is 4.52 Å². The Labute approximate surface area is 162 Å². The molecule has 140 valence electrons. The van der Waals surface area contributed by atoms with Gasteiger partial charge in [-0.2, -0.15) is 5.10 Å². The first-order valence-corrected chi connectivity index (χ1v) is 10.0. The van der Waals surface area contributed by atoms with Crippen molar-refractivity contribution in [3.8, 4) is 22.3 Å². The molecule has 4 aromatic rings. The third-order valence-corrected chi connectivity index (χ3v) is 5.94. The van der Waals surface area contributed by atoms with Crippen LogP contribution in [0.3, 0.4) is 0 Å². The second-order valence-electron chi connectivity index (χ2n) is 6.92. The molecule has 0 bridgehead atoms. The molecule has 0 fully saturated rings. The van der Waals surface area contributed by atoms with Crippen LogP contribution in [0.1, 0.15) is 22.8 Å². The van der Waals surface area contributed by atoms with Gasteiger partial charge in [-0.15, -0.1) is 0 Å². The molecule has 0 atom stereocenters. The summed E-state index contributed by atoms with van der Waals surface area (Å²) < 4.78 is 9.51. The fourth-order valence-electron chi connectivity index (χ4n) is 3.91. The van der Waals surface area contributed by atoms with Crippen LogP contribution in [0.4, 0.5) is 0 Å². The van der Waals surface area contributed by atoms with Gasteiger partial charge in [0.2, 0.25) is 0 Å². The Kier molecular flexibility index (Phi) is 4.14. The average Bonchev–Trinajstić information content (AvgIpc) is 3.21. The van der Waals surface area contributed by atoms with E-state index in [1.165, 1.54) is 0 Å². The largest absolute Gasteiger partial charge is 0.361 e. The van der Waals surface area contributed by atoms with Gasteiger partial charge in [-0.05, 0) is 51.6 Å². The monoisotopic (exact) mass is 381 g/mol. The maximum absolute atomic E-state index is 5.41. The van der Waals surface area contributed by atoms with E-state index < -0.39 is 0 Å². The van der Waals surface area contributed by atoms with E-state index in [9.17, 15) is 0 Å². The standard InChI is InChI=1S/C20H23N5OS/c1-10-17(12(3)25(6)22-10)15-8-14(18-11(2)23-26-13(18)4)9-16-19(15)24(5)20(21-16)27-7/h8-9H,1-7H3. The molecule has 6 nitrogen and oxygen atoms in total. The minimum Gasteiger partial charge on any atom is -0.361 e. The summed E-state index contributed by atoms with van der Waals surface area (Å²) in [6.07, 6.45) is 2.05. The Bertz CT molecular complexity index is 1160. The summed E-state index contributed by atoms with van der Waals surface area (Å²) in [5, 5.41) is 9.75. The van der Waals surface area contributed by atoms with Gasteiger partial charge >= 0.3 is 0 Å². The predicted molar refractivity (Wildman–Crippen MR) is 109 cm³/mol. The molecule has 0 radical (unpaired) electrons. The molecular weight excluding hydrogens is 358 g/mol. The van der Waals surface area contributed by atoms with E-state index in [-0.39, 0.29) is 0 Å². The smallest absolute Gasteiger partial charge is 0.168 e. The van der Waals surface area contributed by atoms with Gasteiger partial charge in [0, 0.05) is 36.5 Å². The molecule has 0 saturated carbocycles. The van der Waals surface area contributed by atoms with Gasteiger partial charge in [0.1, 0.15) is 5.76 Å². The first-order chi connectivity index (χ1) is 12.8. The summed E-state index contributed by atoms with van der Waals surface area (Å²) in [4.78, 5) is 4.86. The van der Waals surface area contributed by atoms with E-state index in [2.05, 4.69) is 54.1 Å². The van der Waals surface area contributed by atoms with E-state index in [0.29, 0.717) is 0 Å². The van der Waals surface area contributed by atoms with Crippen molar-refractivity contribution in [1.29, 1.82) is 0 Å². The molecule has 4 rings (SSSR count). The fraction of sp³-hybridized carbons (Fsp3) is 0.350. The number of fused-ring (bicyclic) bond motifs is 1. The molecule has 0 aliphatic carbocycles. The number of aromatic nitrogens is 5. The number of nitrogens with zero attached hydrogens (tertiary/aromatic N) is 5. The predicted octanol–water partition coefficient (Wildman–Crippen LogP) is 4.58. The van der Waals surface area contributed by atoms with Crippen molar-refractivity contribution in [3.63, 3.8) is 0 Å². The normalized spacial score (nSPS) is 11.7. The lowest BCUT2D eigenvalue weighted by Crippen LogP contribution is -1.95. The molecule has 0 unspecified atom stereocenters. The summed E-state index contributed by atoms with van der Waals surface area (Å²) in [6, 6.07) is 4.35. The van der Waals surface area contributed by atoms with Crippen LogP contribution in [0, 0.1) is 27.7 Å². The van der Waals surface area contributed by atoms with Crippen LogP contribution in [0.2, 0.25) is 0 Å². The molecule has 0 aliphatic heterocycles. The maximum Gasteiger partial charge on any atom is 0.168 e. The van der Waals surface area contributed by atoms with E-state index in [0.717, 1.165) is 61.3 Å². The zero-order chi connectivity index (χ0) is 19.5. The van der Waals surface area contributed by atoms with Crippen LogP contribution in [0.15, 0.2) is 21.8 Å². The first-order valence-electron chi connectivity index (χ1n) is 8.81. The van der Waals surface area contributed by atoms with Gasteiger partial charge < -0.3 is 9.09 Å². The highest BCUT2D eigenvalue weighted by molar-refractivity contribution is 7.98. The highest BCUT2D eigenvalue weighted by Crippen LogP contribution is 2.39. The molecule has 3 heterocycles. The van der Waals surface area contributed by atoms with E-state index in [1.54, 1.807) is 11.8 Å². The summed E-state index contributed by atoms with van der Waals surface area (Å²) in [5.41, 5.74) is 9.53. The van der Waals surface area contributed by atoms with Crippen LogP contribution in [-0.4, -0.2) is 30.7 Å². The number of hydrogen-bond acceptors (Lipinski definition) is 5. The Morgan fingerprint density at radius 1 is 1.00 bits per heavy atom. The summed E-state index contributed by atoms with van der Waals surface area (Å²) in [6.45, 7) is 8.09. The second-order valence-corrected chi connectivity index (χ2v) is 7.69. The minimum absolute atomic E-state index is 0.818. The highest BCUT2D eigenvalue weighted by Gasteiger charge is 2.22. The molecule has 1 aromatic carbocycles. The Balaban J connectivity index is 2.14. The summed E-state index contributed by atoms with van der Waals surface area (Å²) in [5.74, 6) is 0.818. The number of aryl methyl sites for hydroxylation is 5. The van der Waals surface area contributed by atoms with Gasteiger partial charge in [0.15, 0.2) is 5.16 Å². The maximum atomic E-state index is 5.41. The van der Waals surface area contributed by atoms with Crippen molar-refractivity contribution in [2.45, 2.75) is 32.9 Å². The first kappa shape index (κ1) is 17.9. The van der Waals surface area contributed by atoms with Gasteiger partial charge in [-0.1, -0.05) is 16.9 Å². The molecule has 0 aliphatic rings. The van der Waals surface area contributed by atoms with Crippen LogP contribution >= 0.6 is 11.8 Å². The molecule has 0 N–H and O–H groups in total. The number of rotatable bonds is 3. The zero-order valence-corrected chi connectivity index (χ0v) is 17.5. The lowest BCUT2D eigenvalue weighted by Gasteiger charge is -2.10. The molecule has 0 spiro atoms. The molecule has 7 heteroatoms. The second kappa shape index (κ2) is 6.27. The SMILES string of the molecule is CSc1nc2cc(-c3c(C)noc3C)cc(-c3c(C)nn(C)c3C)c2n1C. The summed E-state index contributed by atoms with van der Waals surface area (Å²) in [7, 11) is 4.05. The van der Waals surface area contributed by atoms with Gasteiger partial charge in [-0.3, -0.25) is 4.68 Å². The van der Waals surface area contributed by atoms with Crippen molar-refractivity contribution in [1.82, 2.24) is 24.5 Å². The lowest BCUT2D eigenvalue weighted by atomic mass is 9.95. The van der Waals surface area contributed by atoms with Crippen molar-refractivity contribution >= 4 is 22.8 Å². The fourth-order valence-corrected chi connectivity index (χ4v) is 4.46. The topological polar surface area (TPSA) is 61.7 Å². The van der Waals surface area contributed by atoms with E-state index >= 15 is 0 Å². The number of hydrogen-bond donors (Lipinski definition) is 0. The zero-order valence-electron chi connectivity index (χ0n) is 16.7. The van der Waals surface area contributed by atoms with Gasteiger partial charge in [0.25, 0.3) is 0 Å². The Morgan fingerprint density at radius 3 is 2.30 bits per heavy atom. The Morgan fingerprint density at radius 2 is 1.74 bits per heavy atom. The Hall–Kier alpha value is -2.54. The molecule has 0 saturated heterocycles. The van der Waals surface area contributed by atoms with Crippen LogP contribution in [0.25, 0.3) is 33.3 Å². The molecule has 27 heavy (non-hydrogen) atoms. The quantitative estimate of drug-likeness (QED) is 0.486. The van der Waals surface area contributed by atoms with Crippen molar-refractivity contribution in [2.24, 2.45) is 14.1 Å². The van der Waals surface area contributed by atoms with Crippen molar-refractivity contribution in [3.05, 3.63) is 35.0 Å². The summed E-state index contributed by atoms with van der Waals surface area (Å²) >= 11 is 1.65. The third-order valence-electron chi connectivity index (χ3n) is 5.21. The third kappa shape index (κ3) is 2.60. The van der Waals surface area contributed by atoms with Crippen LogP contribution < -0.4 is 0 Å². The van der Waals surface area contributed by atoms with Gasteiger partial charge in [-0.25, -0.2) is 4.98 Å². The van der Waals surface area contributed by atoms with Crippen LogP contribution in [-0.2, 0) is 14.1 Å². The molecule has 0 amide bonds. The number of benzene rings is 1. The van der Waals surface area contributed by atoms with E-state index in [1.807, 2.05) is 25.6 Å². The lowest BCUT2D eigenvalue weighted by molar-refractivity contribution is 0.393. The van der Waals surface area contributed by atoms with E-state index in [4.69, 9.17) is 9.51 Å².